The lowest BCUT2D eigenvalue weighted by Crippen LogP contribution is -2.63. The van der Waals surface area contributed by atoms with E-state index in [2.05, 4.69) is 61.7 Å². The highest BCUT2D eigenvalue weighted by Crippen LogP contribution is 2.79. The molecule has 602 valence electrons. The predicted molar refractivity (Wildman–Crippen MR) is 421 cm³/mol. The first-order valence-corrected chi connectivity index (χ1v) is 43.6. The number of β-amino-alcohol motifs (C(OH)–C–C–N with tert-alkyl or cyclic N) is 1. The number of hydrogen-bond acceptors (Lipinski definition) is 18. The van der Waals surface area contributed by atoms with Crippen molar-refractivity contribution < 1.29 is 68.3 Å². The van der Waals surface area contributed by atoms with Crippen LogP contribution in [0.3, 0.4) is 0 Å². The lowest BCUT2D eigenvalue weighted by atomic mass is 9.31. The van der Waals surface area contributed by atoms with E-state index in [1.54, 1.807) is 66.6 Å². The van der Waals surface area contributed by atoms with E-state index < -0.39 is 112 Å². The Morgan fingerprint density at radius 2 is 1.49 bits per heavy atom. The summed E-state index contributed by atoms with van der Waals surface area (Å²) in [6, 6.07) is 21.3. The number of hydrogen-bond donors (Lipinski definition) is 6. The van der Waals surface area contributed by atoms with Crippen LogP contribution in [0.4, 0.5) is 28.9 Å². The Bertz CT molecular complexity index is 4480. The summed E-state index contributed by atoms with van der Waals surface area (Å²) in [6.07, 6.45) is 8.78. The van der Waals surface area contributed by atoms with Crippen LogP contribution in [-0.4, -0.2) is 202 Å². The summed E-state index contributed by atoms with van der Waals surface area (Å²) in [5, 5.41) is 22.3. The zero-order valence-electron chi connectivity index (χ0n) is 64.4. The second kappa shape index (κ2) is 33.5. The first-order chi connectivity index (χ1) is 52.4. The van der Waals surface area contributed by atoms with Gasteiger partial charge < -0.3 is 41.1 Å². The number of piperazine rings is 2. The molecule has 8 aliphatic rings. The number of likely N-dealkylation sites (tertiary alicyclic amines) is 1. The second-order valence-corrected chi connectivity index (χ2v) is 39.1. The number of alkyl halides is 4. The molecule has 4 saturated carbocycles. The molecule has 6 amide bonds. The van der Waals surface area contributed by atoms with E-state index in [0.717, 1.165) is 78.0 Å². The Morgan fingerprint density at radius 3 is 2.12 bits per heavy atom. The van der Waals surface area contributed by atoms with Gasteiger partial charge in [-0.25, -0.2) is 30.9 Å². The number of amides is 6. The van der Waals surface area contributed by atoms with Crippen LogP contribution in [0.15, 0.2) is 128 Å². The summed E-state index contributed by atoms with van der Waals surface area (Å²) >= 11 is 2.85. The maximum Gasteiger partial charge on any atom is 0.501 e. The summed E-state index contributed by atoms with van der Waals surface area (Å²) in [5.74, 6) is -3.50. The van der Waals surface area contributed by atoms with Gasteiger partial charge in [0.2, 0.25) is 23.6 Å². The minimum absolute atomic E-state index is 0.0276. The number of aliphatic hydroxyl groups excluding tert-OH is 1. The highest BCUT2D eigenvalue weighted by Gasteiger charge is 2.68. The zero-order chi connectivity index (χ0) is 79.6. The van der Waals surface area contributed by atoms with Gasteiger partial charge in [0.15, 0.2) is 5.67 Å². The van der Waals surface area contributed by atoms with Crippen molar-refractivity contribution in [2.75, 3.05) is 94.5 Å². The molecule has 4 aromatic carbocycles. The lowest BCUT2D eigenvalue weighted by Gasteiger charge is -2.73. The summed E-state index contributed by atoms with van der Waals surface area (Å²) in [7, 11) is -11.1. The Balaban J connectivity index is 0.622. The van der Waals surface area contributed by atoms with Gasteiger partial charge in [0.05, 0.1) is 45.2 Å². The number of carbonyl (C=O) groups excluding carboxylic acids is 6. The number of benzene rings is 4. The number of anilines is 2. The topological polar surface area (TPSA) is 280 Å². The van der Waals surface area contributed by atoms with Crippen molar-refractivity contribution in [3.05, 3.63) is 131 Å². The molecular weight excluding hydrogens is 1510 g/mol. The van der Waals surface area contributed by atoms with Crippen LogP contribution < -0.4 is 30.9 Å². The van der Waals surface area contributed by atoms with Crippen LogP contribution in [0.1, 0.15) is 166 Å². The largest absolute Gasteiger partial charge is 0.501 e. The SMILES string of the molecule is CCC12CC(C3=C(CN4CCN(c5ccc(C(=O)NS(=O)(=O)c6ccc(N[C@H](CCN7CCN(C(=O)CCCCNC(=O)C[C@H](NC(=O)[C@@H]8C[C@@H](O)CN8C(=O)[C@@H](NC(=O)C8(F)CC8)C(C)(C)C)c8ccc(-c9scnc9C)cc8)CC7)CSc7ccccc7)c(S(=O)(=O)C(F)(F)F)c6)cc5)CC4)CCC(C)(C)C3)(C1)C2. The Labute approximate surface area is 657 Å². The van der Waals surface area contributed by atoms with Crippen LogP contribution in [-0.2, 0) is 43.8 Å². The van der Waals surface area contributed by atoms with Gasteiger partial charge in [-0.2, -0.15) is 13.2 Å². The Hall–Kier alpha value is -7.48. The molecule has 3 aliphatic heterocycles. The number of unbranched alkanes of at least 4 members (excludes halogenated alkanes) is 1. The zero-order valence-corrected chi connectivity index (χ0v) is 67.6. The number of nitrogens with one attached hydrogen (secondary N) is 5. The quantitative estimate of drug-likeness (QED) is 0.0104. The van der Waals surface area contributed by atoms with Gasteiger partial charge in [0.25, 0.3) is 31.7 Å². The van der Waals surface area contributed by atoms with Gasteiger partial charge in [0.1, 0.15) is 17.0 Å². The van der Waals surface area contributed by atoms with Crippen molar-refractivity contribution in [2.45, 2.75) is 201 Å². The number of aromatic nitrogens is 1. The molecule has 5 atom stereocenters. The smallest absolute Gasteiger partial charge is 0.391 e. The van der Waals surface area contributed by atoms with Gasteiger partial charge >= 0.3 is 5.51 Å². The van der Waals surface area contributed by atoms with Gasteiger partial charge in [-0.15, -0.1) is 23.1 Å². The van der Waals surface area contributed by atoms with Gasteiger partial charge in [-0.3, -0.25) is 38.6 Å². The fraction of sp³-hybridized carbons (Fsp3) is 0.568. The Kier molecular flexibility index (Phi) is 25.1. The van der Waals surface area contributed by atoms with Crippen LogP contribution in [0.5, 0.6) is 0 Å². The summed E-state index contributed by atoms with van der Waals surface area (Å²) < 4.78 is 116. The maximum absolute atomic E-state index is 14.9. The normalized spacial score (nSPS) is 22.8. The molecule has 111 heavy (non-hydrogen) atoms. The van der Waals surface area contributed by atoms with Crippen molar-refractivity contribution in [1.29, 1.82) is 0 Å². The maximum atomic E-state index is 14.9. The number of sulfonamides is 1. The number of carbonyl (C=O) groups is 6. The molecule has 4 heterocycles. The third-order valence-electron chi connectivity index (χ3n) is 23.7. The number of rotatable bonds is 31. The number of halogens is 4. The first-order valence-electron chi connectivity index (χ1n) is 38.8. The van der Waals surface area contributed by atoms with Crippen LogP contribution in [0.2, 0.25) is 0 Å². The second-order valence-electron chi connectivity index (χ2n) is 33.5. The minimum atomic E-state index is -6.20. The standard InChI is InChI=1S/C81H105F4N11O11S4/c1-8-78-49-79(50-78,51-78)63-45-77(6,7)29-27-57(63)46-93-36-38-94(39-37-93)59-23-21-56(22-24-59)72(100)91-111(106,107)62-25-26-64(67(43-62)110(104,105)81(83,84)85)88-58(48-108-61-14-10-9-11-15-61)28-33-92-34-40-95(41-35-92)69(99)16-12-13-32-86-68(98)44-65(54-17-19-55(20-18-54)70-53(2)87-52-109-70)89-73(101)66-42-60(97)47-96(66)74(102)71(76(3,4)5)90-75(103)80(82)30-31-80/h9-11,14-15,17-26,43,52,58,60,65-66,71,88,97H,8,12-13,16,27-42,44-51H2,1-7H3,(H,86,98)(H,89,101)(H,90,103)(H,91,100)/t58-,60-,65+,66+,71-,78?,79?/m1/s1. The van der Waals surface area contributed by atoms with Gasteiger partial charge in [-0.05, 0) is 165 Å². The monoisotopic (exact) mass is 1610 g/mol. The van der Waals surface area contributed by atoms with E-state index in [1.165, 1.54) is 78.7 Å². The van der Waals surface area contributed by atoms with E-state index >= 15 is 0 Å². The van der Waals surface area contributed by atoms with Gasteiger partial charge in [-0.1, -0.05) is 102 Å². The molecule has 7 fully saturated rings. The molecule has 22 nitrogen and oxygen atoms in total. The third-order valence-corrected chi connectivity index (χ3v) is 28.7. The number of thioether (sulfide) groups is 1. The van der Waals surface area contributed by atoms with E-state index in [9.17, 15) is 68.3 Å². The van der Waals surface area contributed by atoms with Crippen LogP contribution in [0.25, 0.3) is 10.4 Å². The van der Waals surface area contributed by atoms with E-state index in [0.29, 0.717) is 73.4 Å². The molecule has 0 unspecified atom stereocenters. The molecule has 6 N–H and O–H groups in total. The number of thiazole rings is 1. The van der Waals surface area contributed by atoms with E-state index in [4.69, 9.17) is 0 Å². The first kappa shape index (κ1) is 83.0. The predicted octanol–water partition coefficient (Wildman–Crippen LogP) is 11.4. The van der Waals surface area contributed by atoms with Crippen molar-refractivity contribution >= 4 is 89.8 Å². The molecule has 13 rings (SSSR count). The molecule has 30 heteroatoms. The molecule has 5 aromatic rings. The third kappa shape index (κ3) is 19.5. The van der Waals surface area contributed by atoms with Crippen LogP contribution in [0, 0.1) is 28.6 Å². The molecule has 2 bridgehead atoms. The number of aliphatic hydroxyl groups is 1. The van der Waals surface area contributed by atoms with E-state index in [-0.39, 0.29) is 68.8 Å². The van der Waals surface area contributed by atoms with Crippen molar-refractivity contribution in [1.82, 2.24) is 45.3 Å². The highest BCUT2D eigenvalue weighted by atomic mass is 32.2. The number of allylic oxidation sites excluding steroid dienone is 1. The molecule has 0 spiro atoms. The van der Waals surface area contributed by atoms with Crippen molar-refractivity contribution in [2.24, 2.45) is 21.7 Å². The van der Waals surface area contributed by atoms with Crippen molar-refractivity contribution in [3.63, 3.8) is 0 Å². The number of nitrogens with zero attached hydrogens (tertiary/aromatic N) is 6. The molecule has 0 radical (unpaired) electrons. The lowest BCUT2D eigenvalue weighted by molar-refractivity contribution is -0.182. The summed E-state index contributed by atoms with van der Waals surface area (Å²) in [5.41, 5.74) is 0.239. The highest BCUT2D eigenvalue weighted by molar-refractivity contribution is 7.99. The number of aryl methyl sites for hydroxylation is 1. The molecule has 3 saturated heterocycles. The fourth-order valence-electron chi connectivity index (χ4n) is 16.8. The number of sulfone groups is 1. The Morgan fingerprint density at radius 1 is 0.811 bits per heavy atom. The molecule has 1 aromatic heterocycles. The minimum Gasteiger partial charge on any atom is -0.391 e. The van der Waals surface area contributed by atoms with Crippen LogP contribution >= 0.6 is 23.1 Å². The fourth-order valence-corrected chi connectivity index (χ4v) is 20.6. The molecular formula is C81H105F4N11O11S4. The van der Waals surface area contributed by atoms with Gasteiger partial charge in [0, 0.05) is 119 Å². The average molecular weight is 1610 g/mol. The molecule has 5 aliphatic carbocycles. The average Bonchev–Trinajstić information content (AvgIpc) is 1.66. The van der Waals surface area contributed by atoms with Crippen molar-refractivity contribution in [3.8, 4) is 10.4 Å². The summed E-state index contributed by atoms with van der Waals surface area (Å²) in [6.45, 7) is 20.4. The van der Waals surface area contributed by atoms with E-state index in [1.807, 2.05) is 54.1 Å². The summed E-state index contributed by atoms with van der Waals surface area (Å²) in [4.78, 5) is 96.3.